The summed E-state index contributed by atoms with van der Waals surface area (Å²) in [5, 5.41) is 3.07. The van der Waals surface area contributed by atoms with Crippen LogP contribution in [-0.4, -0.2) is 22.6 Å². The number of aryl methyl sites for hydroxylation is 1. The minimum atomic E-state index is -0.446. The number of nitrogens with two attached hydrogens (primary N) is 1. The van der Waals surface area contributed by atoms with Gasteiger partial charge in [-0.3, -0.25) is 14.9 Å². The molecule has 26 heavy (non-hydrogen) atoms. The molecule has 0 saturated heterocycles. The Labute approximate surface area is 156 Å². The van der Waals surface area contributed by atoms with Crippen molar-refractivity contribution in [2.75, 3.05) is 11.1 Å². The van der Waals surface area contributed by atoms with Gasteiger partial charge in [0.05, 0.1) is 15.7 Å². The lowest BCUT2D eigenvalue weighted by molar-refractivity contribution is -0.115. The van der Waals surface area contributed by atoms with Gasteiger partial charge >= 0.3 is 0 Å². The summed E-state index contributed by atoms with van der Waals surface area (Å²) in [6.45, 7) is 1.79. The molecule has 0 radical (unpaired) electrons. The summed E-state index contributed by atoms with van der Waals surface area (Å²) < 4.78 is 19.3. The lowest BCUT2D eigenvalue weighted by atomic mass is 10.2. The van der Waals surface area contributed by atoms with Gasteiger partial charge < -0.3 is 10.2 Å². The van der Waals surface area contributed by atoms with Gasteiger partial charge in [0.2, 0.25) is 5.91 Å². The summed E-state index contributed by atoms with van der Waals surface area (Å²) >= 11 is 2.54. The highest BCUT2D eigenvalue weighted by Crippen LogP contribution is 2.32. The molecule has 9 heteroatoms. The molecule has 0 atom stereocenters. The number of benzene rings is 1. The number of amides is 2. The van der Waals surface area contributed by atoms with Crippen LogP contribution in [0.2, 0.25) is 0 Å². The first-order valence-electron chi connectivity index (χ1n) is 7.48. The molecule has 0 spiro atoms. The van der Waals surface area contributed by atoms with E-state index in [4.69, 9.17) is 10.2 Å². The fourth-order valence-electron chi connectivity index (χ4n) is 2.09. The molecule has 0 unspecified atom stereocenters. The number of anilines is 1. The van der Waals surface area contributed by atoms with Crippen molar-refractivity contribution in [1.29, 1.82) is 0 Å². The van der Waals surface area contributed by atoms with E-state index < -0.39 is 11.8 Å². The van der Waals surface area contributed by atoms with Crippen molar-refractivity contribution in [1.82, 2.24) is 4.98 Å². The van der Waals surface area contributed by atoms with E-state index in [2.05, 4.69) is 10.3 Å². The van der Waals surface area contributed by atoms with Gasteiger partial charge in [-0.1, -0.05) is 11.3 Å². The van der Waals surface area contributed by atoms with Crippen LogP contribution >= 0.6 is 23.1 Å². The highest BCUT2D eigenvalue weighted by Gasteiger charge is 2.16. The normalized spacial score (nSPS) is 10.7. The van der Waals surface area contributed by atoms with Gasteiger partial charge in [0.1, 0.15) is 11.6 Å². The van der Waals surface area contributed by atoms with Gasteiger partial charge in [-0.25, -0.2) is 9.37 Å². The molecule has 2 heterocycles. The molecule has 0 aliphatic heterocycles. The fourth-order valence-corrected chi connectivity index (χ4v) is 3.97. The quantitative estimate of drug-likeness (QED) is 0.625. The Morgan fingerprint density at radius 3 is 2.69 bits per heavy atom. The summed E-state index contributed by atoms with van der Waals surface area (Å²) in [4.78, 5) is 27.5. The van der Waals surface area contributed by atoms with E-state index in [-0.39, 0.29) is 17.3 Å². The number of halogens is 1. The van der Waals surface area contributed by atoms with Gasteiger partial charge in [-0.05, 0) is 43.3 Å². The third kappa shape index (κ3) is 4.30. The first-order chi connectivity index (χ1) is 12.4. The average Bonchev–Trinajstić information content (AvgIpc) is 3.21. The van der Waals surface area contributed by atoms with Crippen LogP contribution in [0.5, 0.6) is 0 Å². The maximum Gasteiger partial charge on any atom is 0.293 e. The van der Waals surface area contributed by atoms with Crippen molar-refractivity contribution >= 4 is 40.0 Å². The smallest absolute Gasteiger partial charge is 0.293 e. The van der Waals surface area contributed by atoms with Gasteiger partial charge in [-0.15, -0.1) is 11.8 Å². The van der Waals surface area contributed by atoms with Crippen LogP contribution in [0, 0.1) is 12.7 Å². The minimum absolute atomic E-state index is 0.114. The molecular weight excluding hydrogens is 377 g/mol. The zero-order chi connectivity index (χ0) is 18.7. The van der Waals surface area contributed by atoms with E-state index in [1.807, 2.05) is 0 Å². The number of hydrogen-bond acceptors (Lipinski definition) is 6. The SMILES string of the molecule is Cc1nc(NC(=O)c2ccc(-c3ccc(F)cc3)o2)sc1SCC(N)=O. The van der Waals surface area contributed by atoms with Crippen LogP contribution in [0.4, 0.5) is 9.52 Å². The van der Waals surface area contributed by atoms with Gasteiger partial charge in [0.25, 0.3) is 5.91 Å². The maximum absolute atomic E-state index is 13.0. The second-order valence-electron chi connectivity index (χ2n) is 5.27. The number of rotatable bonds is 6. The molecule has 3 aromatic rings. The molecular formula is C17H14FN3O3S2. The van der Waals surface area contributed by atoms with E-state index >= 15 is 0 Å². The Morgan fingerprint density at radius 2 is 2.00 bits per heavy atom. The predicted octanol–water partition coefficient (Wildman–Crippen LogP) is 3.68. The zero-order valence-electron chi connectivity index (χ0n) is 13.6. The highest BCUT2D eigenvalue weighted by atomic mass is 32.2. The van der Waals surface area contributed by atoms with Gasteiger partial charge in [-0.2, -0.15) is 0 Å². The number of carbonyl (C=O) groups is 2. The summed E-state index contributed by atoms with van der Waals surface area (Å²) in [5.74, 6) is -0.486. The van der Waals surface area contributed by atoms with Crippen LogP contribution in [0.1, 0.15) is 16.2 Å². The number of hydrogen-bond donors (Lipinski definition) is 2. The van der Waals surface area contributed by atoms with Crippen LogP contribution in [0.25, 0.3) is 11.3 Å². The first-order valence-corrected chi connectivity index (χ1v) is 9.28. The Balaban J connectivity index is 1.70. The molecule has 2 aromatic heterocycles. The minimum Gasteiger partial charge on any atom is -0.451 e. The third-order valence-corrected chi connectivity index (χ3v) is 5.74. The number of primary amides is 1. The van der Waals surface area contributed by atoms with Crippen LogP contribution in [0.15, 0.2) is 45.0 Å². The van der Waals surface area contributed by atoms with E-state index in [0.29, 0.717) is 22.1 Å². The molecule has 3 rings (SSSR count). The molecule has 0 aliphatic rings. The molecule has 0 aliphatic carbocycles. The number of nitrogens with zero attached hydrogens (tertiary/aromatic N) is 1. The third-order valence-electron chi connectivity index (χ3n) is 3.28. The predicted molar refractivity (Wildman–Crippen MR) is 98.8 cm³/mol. The number of thioether (sulfide) groups is 1. The fraction of sp³-hybridized carbons (Fsp3) is 0.118. The Bertz CT molecular complexity index is 951. The first kappa shape index (κ1) is 18.2. The highest BCUT2D eigenvalue weighted by molar-refractivity contribution is 8.01. The summed E-state index contributed by atoms with van der Waals surface area (Å²) in [7, 11) is 0. The summed E-state index contributed by atoms with van der Waals surface area (Å²) in [6.07, 6.45) is 0. The molecule has 134 valence electrons. The molecule has 3 N–H and O–H groups in total. The van der Waals surface area contributed by atoms with Crippen molar-refractivity contribution in [3.8, 4) is 11.3 Å². The lowest BCUT2D eigenvalue weighted by Gasteiger charge is -1.99. The maximum atomic E-state index is 13.0. The van der Waals surface area contributed by atoms with E-state index in [1.54, 1.807) is 25.1 Å². The van der Waals surface area contributed by atoms with Crippen molar-refractivity contribution in [3.05, 3.63) is 53.7 Å². The van der Waals surface area contributed by atoms with Crippen molar-refractivity contribution in [3.63, 3.8) is 0 Å². The van der Waals surface area contributed by atoms with Crippen LogP contribution in [-0.2, 0) is 4.79 Å². The van der Waals surface area contributed by atoms with Crippen molar-refractivity contribution in [2.45, 2.75) is 11.1 Å². The Morgan fingerprint density at radius 1 is 1.27 bits per heavy atom. The van der Waals surface area contributed by atoms with Crippen LogP contribution < -0.4 is 11.1 Å². The monoisotopic (exact) mass is 391 g/mol. The van der Waals surface area contributed by atoms with E-state index in [1.165, 1.54) is 41.3 Å². The van der Waals surface area contributed by atoms with Crippen molar-refractivity contribution < 1.29 is 18.4 Å². The van der Waals surface area contributed by atoms with Crippen molar-refractivity contribution in [2.24, 2.45) is 5.73 Å². The number of furan rings is 1. The van der Waals surface area contributed by atoms with E-state index in [0.717, 1.165) is 4.21 Å². The number of carbonyl (C=O) groups excluding carboxylic acids is 2. The topological polar surface area (TPSA) is 98.2 Å². The summed E-state index contributed by atoms with van der Waals surface area (Å²) in [5.41, 5.74) is 6.51. The van der Waals surface area contributed by atoms with Gasteiger partial charge in [0.15, 0.2) is 10.9 Å². The zero-order valence-corrected chi connectivity index (χ0v) is 15.2. The molecule has 0 saturated carbocycles. The Kier molecular flexibility index (Phi) is 5.38. The molecule has 0 fully saturated rings. The van der Waals surface area contributed by atoms with Gasteiger partial charge in [0, 0.05) is 5.56 Å². The van der Waals surface area contributed by atoms with Crippen LogP contribution in [0.3, 0.4) is 0 Å². The molecule has 6 nitrogen and oxygen atoms in total. The standard InChI is InChI=1S/C17H14FN3O3S2/c1-9-16(25-8-14(19)22)26-17(20-9)21-15(23)13-7-6-12(24-13)10-2-4-11(18)5-3-10/h2-7H,8H2,1H3,(H2,19,22)(H,20,21,23). The Hall–Kier alpha value is -2.65. The molecule has 1 aromatic carbocycles. The average molecular weight is 391 g/mol. The molecule has 0 bridgehead atoms. The number of thiazole rings is 1. The number of nitrogens with one attached hydrogen (secondary N) is 1. The van der Waals surface area contributed by atoms with E-state index in [9.17, 15) is 14.0 Å². The molecule has 2 amide bonds. The second-order valence-corrected chi connectivity index (χ2v) is 7.51. The second kappa shape index (κ2) is 7.71. The number of aromatic nitrogens is 1. The largest absolute Gasteiger partial charge is 0.451 e. The summed E-state index contributed by atoms with van der Waals surface area (Å²) in [6, 6.07) is 8.97. The lowest BCUT2D eigenvalue weighted by Crippen LogP contribution is -2.12.